The fourth-order valence-corrected chi connectivity index (χ4v) is 3.53. The second-order valence-corrected chi connectivity index (χ2v) is 6.55. The molecule has 88 valence electrons. The Morgan fingerprint density at radius 2 is 1.75 bits per heavy atom. The van der Waals surface area contributed by atoms with Crippen LogP contribution in [-0.4, -0.2) is 15.2 Å². The normalized spacial score (nSPS) is 16.9. The molecule has 6 heteroatoms. The molecule has 1 aromatic heterocycles. The van der Waals surface area contributed by atoms with Crippen LogP contribution in [-0.2, 0) is 5.75 Å². The van der Waals surface area contributed by atoms with Gasteiger partial charge in [0.1, 0.15) is 16.1 Å². The van der Waals surface area contributed by atoms with Crippen molar-refractivity contribution in [3.05, 3.63) is 20.6 Å². The lowest BCUT2D eigenvalue weighted by Gasteiger charge is -2.08. The topological polar surface area (TPSA) is 25.8 Å². The molecule has 0 atom stereocenters. The summed E-state index contributed by atoms with van der Waals surface area (Å²) in [5.41, 5.74) is 0. The predicted octanol–water partition coefficient (Wildman–Crippen LogP) is 4.72. The van der Waals surface area contributed by atoms with Crippen LogP contribution < -0.4 is 0 Å². The fourth-order valence-electron chi connectivity index (χ4n) is 1.75. The number of aromatic nitrogens is 2. The van der Waals surface area contributed by atoms with Gasteiger partial charge in [-0.15, -0.1) is 0 Å². The average molecular weight is 342 g/mol. The second kappa shape index (κ2) is 5.89. The van der Waals surface area contributed by atoms with E-state index in [1.165, 1.54) is 25.7 Å². The van der Waals surface area contributed by atoms with E-state index in [1.54, 1.807) is 0 Å². The zero-order valence-electron chi connectivity index (χ0n) is 8.55. The van der Waals surface area contributed by atoms with Crippen molar-refractivity contribution in [3.8, 4) is 0 Å². The summed E-state index contributed by atoms with van der Waals surface area (Å²) < 4.78 is 0.574. The molecule has 0 radical (unpaired) electrons. The second-order valence-electron chi connectivity index (χ2n) is 3.75. The summed E-state index contributed by atoms with van der Waals surface area (Å²) in [6.07, 6.45) is 5.31. The van der Waals surface area contributed by atoms with Crippen LogP contribution in [0.3, 0.4) is 0 Å². The molecule has 0 unspecified atom stereocenters. The lowest BCUT2D eigenvalue weighted by atomic mass is 10.4. The quantitative estimate of drug-likeness (QED) is 0.744. The van der Waals surface area contributed by atoms with E-state index < -0.39 is 0 Å². The Balaban J connectivity index is 1.98. The van der Waals surface area contributed by atoms with Crippen LogP contribution in [0, 0.1) is 0 Å². The van der Waals surface area contributed by atoms with Crippen molar-refractivity contribution < 1.29 is 0 Å². The highest BCUT2D eigenvalue weighted by atomic mass is 79.9. The van der Waals surface area contributed by atoms with Crippen molar-refractivity contribution in [2.45, 2.75) is 36.7 Å². The molecule has 2 nitrogen and oxygen atoms in total. The third-order valence-corrected chi connectivity index (χ3v) is 5.69. The average Bonchev–Trinajstić information content (AvgIpc) is 2.75. The van der Waals surface area contributed by atoms with Gasteiger partial charge in [0.05, 0.1) is 10.2 Å². The fraction of sp³-hybridized carbons (Fsp3) is 0.600. The van der Waals surface area contributed by atoms with Crippen molar-refractivity contribution in [1.82, 2.24) is 9.97 Å². The highest BCUT2D eigenvalue weighted by Gasteiger charge is 2.16. The highest BCUT2D eigenvalue weighted by molar-refractivity contribution is 9.10. The monoisotopic (exact) mass is 340 g/mol. The van der Waals surface area contributed by atoms with E-state index in [2.05, 4.69) is 25.9 Å². The minimum atomic E-state index is 0.391. The molecule has 0 aliphatic heterocycles. The molecule has 2 rings (SSSR count). The van der Waals surface area contributed by atoms with E-state index in [0.717, 1.165) is 16.8 Å². The van der Waals surface area contributed by atoms with Gasteiger partial charge in [-0.1, -0.05) is 36.0 Å². The van der Waals surface area contributed by atoms with Gasteiger partial charge < -0.3 is 0 Å². The minimum absolute atomic E-state index is 0.391. The van der Waals surface area contributed by atoms with Gasteiger partial charge >= 0.3 is 0 Å². The first kappa shape index (κ1) is 12.9. The van der Waals surface area contributed by atoms with Crippen LogP contribution in [0.4, 0.5) is 0 Å². The maximum atomic E-state index is 5.92. The Kier molecular flexibility index (Phi) is 4.76. The molecular formula is C10H11BrCl2N2S. The first-order valence-corrected chi connectivity index (χ1v) is 7.75. The van der Waals surface area contributed by atoms with Crippen molar-refractivity contribution >= 4 is 50.9 Å². The first-order chi connectivity index (χ1) is 7.66. The number of thioether (sulfide) groups is 1. The number of halogens is 3. The van der Waals surface area contributed by atoms with E-state index in [4.69, 9.17) is 23.2 Å². The van der Waals surface area contributed by atoms with Crippen molar-refractivity contribution in [3.63, 3.8) is 0 Å². The number of hydrogen-bond donors (Lipinski definition) is 0. The molecule has 1 saturated carbocycles. The molecule has 1 aliphatic rings. The van der Waals surface area contributed by atoms with Gasteiger partial charge in [0.2, 0.25) is 0 Å². The van der Waals surface area contributed by atoms with Crippen molar-refractivity contribution in [2.24, 2.45) is 0 Å². The Labute approximate surface area is 118 Å². The summed E-state index contributed by atoms with van der Waals surface area (Å²) in [4.78, 5) is 8.39. The van der Waals surface area contributed by atoms with Crippen LogP contribution in [0.2, 0.25) is 10.3 Å². The lowest BCUT2D eigenvalue weighted by molar-refractivity contribution is 0.886. The highest BCUT2D eigenvalue weighted by Crippen LogP contribution is 2.32. The van der Waals surface area contributed by atoms with Crippen LogP contribution in [0.25, 0.3) is 0 Å². The molecular weight excluding hydrogens is 331 g/mol. The minimum Gasteiger partial charge on any atom is -0.219 e. The third-order valence-electron chi connectivity index (χ3n) is 2.57. The number of hydrogen-bond acceptors (Lipinski definition) is 3. The standard InChI is InChI=1S/C10H11BrCl2N2S/c11-8-9(12)14-7(15-10(8)13)5-16-6-3-1-2-4-6/h6H,1-5H2. The molecule has 0 aromatic carbocycles. The predicted molar refractivity (Wildman–Crippen MR) is 73.3 cm³/mol. The molecule has 16 heavy (non-hydrogen) atoms. The van der Waals surface area contributed by atoms with Gasteiger partial charge in [0.15, 0.2) is 0 Å². The molecule has 1 aliphatic carbocycles. The Morgan fingerprint density at radius 1 is 1.19 bits per heavy atom. The number of nitrogens with zero attached hydrogens (tertiary/aromatic N) is 2. The zero-order valence-corrected chi connectivity index (χ0v) is 12.5. The summed E-state index contributed by atoms with van der Waals surface area (Å²) >= 11 is 17.0. The van der Waals surface area contributed by atoms with Gasteiger partial charge in [-0.3, -0.25) is 0 Å². The van der Waals surface area contributed by atoms with Gasteiger partial charge in [-0.05, 0) is 28.8 Å². The van der Waals surface area contributed by atoms with Crippen molar-refractivity contribution in [2.75, 3.05) is 0 Å². The Morgan fingerprint density at radius 3 is 2.31 bits per heavy atom. The van der Waals surface area contributed by atoms with Gasteiger partial charge in [-0.2, -0.15) is 11.8 Å². The molecule has 0 saturated heterocycles. The summed E-state index contributed by atoms with van der Waals surface area (Å²) in [5, 5.41) is 1.54. The summed E-state index contributed by atoms with van der Waals surface area (Å²) in [6.45, 7) is 0. The van der Waals surface area contributed by atoms with Gasteiger partial charge in [-0.25, -0.2) is 9.97 Å². The lowest BCUT2D eigenvalue weighted by Crippen LogP contribution is -1.99. The summed E-state index contributed by atoms with van der Waals surface area (Å²) in [6, 6.07) is 0. The van der Waals surface area contributed by atoms with Gasteiger partial charge in [0, 0.05) is 5.25 Å². The van der Waals surface area contributed by atoms with Crippen LogP contribution >= 0.6 is 50.9 Å². The van der Waals surface area contributed by atoms with Crippen LogP contribution in [0.15, 0.2) is 4.47 Å². The maximum Gasteiger partial charge on any atom is 0.148 e. The molecule has 1 heterocycles. The zero-order chi connectivity index (χ0) is 11.5. The van der Waals surface area contributed by atoms with E-state index in [9.17, 15) is 0 Å². The molecule has 1 fully saturated rings. The van der Waals surface area contributed by atoms with E-state index >= 15 is 0 Å². The van der Waals surface area contributed by atoms with E-state index in [0.29, 0.717) is 14.8 Å². The van der Waals surface area contributed by atoms with Crippen LogP contribution in [0.5, 0.6) is 0 Å². The van der Waals surface area contributed by atoms with Crippen molar-refractivity contribution in [1.29, 1.82) is 0 Å². The van der Waals surface area contributed by atoms with E-state index in [-0.39, 0.29) is 0 Å². The molecule has 0 N–H and O–H groups in total. The molecule has 0 amide bonds. The molecule has 0 bridgehead atoms. The number of rotatable bonds is 3. The first-order valence-electron chi connectivity index (χ1n) is 5.16. The van der Waals surface area contributed by atoms with Crippen LogP contribution in [0.1, 0.15) is 31.5 Å². The summed E-state index contributed by atoms with van der Waals surface area (Å²) in [5.74, 6) is 1.51. The largest absolute Gasteiger partial charge is 0.219 e. The molecule has 1 aromatic rings. The Hall–Kier alpha value is 0.490. The van der Waals surface area contributed by atoms with E-state index in [1.807, 2.05) is 11.8 Å². The maximum absolute atomic E-state index is 5.92. The summed E-state index contributed by atoms with van der Waals surface area (Å²) in [7, 11) is 0. The Bertz CT molecular complexity index is 360. The SMILES string of the molecule is Clc1nc(CSC2CCCC2)nc(Cl)c1Br. The van der Waals surface area contributed by atoms with Gasteiger partial charge in [0.25, 0.3) is 0 Å². The smallest absolute Gasteiger partial charge is 0.148 e. The third kappa shape index (κ3) is 3.25. The molecule has 0 spiro atoms.